The first-order valence-corrected chi connectivity index (χ1v) is 10.3. The van der Waals surface area contributed by atoms with Gasteiger partial charge in [0.2, 0.25) is 5.91 Å². The molecule has 2 aliphatic rings. The van der Waals surface area contributed by atoms with Gasteiger partial charge in [0.1, 0.15) is 5.65 Å². The van der Waals surface area contributed by atoms with Crippen molar-refractivity contribution in [2.45, 2.75) is 38.3 Å². The van der Waals surface area contributed by atoms with E-state index in [2.05, 4.69) is 34.1 Å². The summed E-state index contributed by atoms with van der Waals surface area (Å²) in [7, 11) is 0. The van der Waals surface area contributed by atoms with Crippen molar-refractivity contribution in [3.05, 3.63) is 71.7 Å². The number of piperidine rings is 1. The highest BCUT2D eigenvalue weighted by Gasteiger charge is 2.29. The fraction of sp³-hybridized carbons (Fsp3) is 0.391. The molecule has 1 aromatic carbocycles. The van der Waals surface area contributed by atoms with Crippen LogP contribution in [-0.4, -0.2) is 50.8 Å². The zero-order valence-corrected chi connectivity index (χ0v) is 16.1. The number of benzene rings is 1. The van der Waals surface area contributed by atoms with Crippen LogP contribution in [0.1, 0.15) is 29.7 Å². The standard InChI is InChI=1S/C23H26N4O/c28-23(15-21-16-24-22-7-3-4-11-27(21)22)25-13-9-20(10-14-25)26-12-8-18-5-1-2-6-19(18)17-26/h1-7,11,16,20H,8-10,12-15,17H2. The van der Waals surface area contributed by atoms with Crippen molar-refractivity contribution < 1.29 is 4.79 Å². The molecule has 0 unspecified atom stereocenters. The van der Waals surface area contributed by atoms with E-state index < -0.39 is 0 Å². The third kappa shape index (κ3) is 3.31. The first-order valence-electron chi connectivity index (χ1n) is 10.3. The zero-order valence-electron chi connectivity index (χ0n) is 16.1. The lowest BCUT2D eigenvalue weighted by Gasteiger charge is -2.40. The Morgan fingerprint density at radius 1 is 1.00 bits per heavy atom. The van der Waals surface area contributed by atoms with Crippen molar-refractivity contribution in [3.8, 4) is 0 Å². The van der Waals surface area contributed by atoms with E-state index in [0.29, 0.717) is 12.5 Å². The minimum atomic E-state index is 0.216. The number of amides is 1. The maximum absolute atomic E-state index is 12.8. The number of carbonyl (C=O) groups excluding carboxylic acids is 1. The van der Waals surface area contributed by atoms with Crippen LogP contribution in [0.3, 0.4) is 0 Å². The molecule has 1 fully saturated rings. The summed E-state index contributed by atoms with van der Waals surface area (Å²) in [6.45, 7) is 3.91. The van der Waals surface area contributed by atoms with Crippen molar-refractivity contribution in [1.82, 2.24) is 19.2 Å². The molecule has 0 saturated carbocycles. The van der Waals surface area contributed by atoms with Crippen molar-refractivity contribution in [3.63, 3.8) is 0 Å². The number of imidazole rings is 1. The fourth-order valence-electron chi connectivity index (χ4n) is 4.69. The second-order valence-electron chi connectivity index (χ2n) is 7.96. The number of likely N-dealkylation sites (tertiary alicyclic amines) is 1. The van der Waals surface area contributed by atoms with Gasteiger partial charge in [-0.1, -0.05) is 30.3 Å². The molecule has 1 saturated heterocycles. The molecule has 0 radical (unpaired) electrons. The molecular formula is C23H26N4O. The van der Waals surface area contributed by atoms with E-state index in [-0.39, 0.29) is 5.91 Å². The molecule has 0 spiro atoms. The monoisotopic (exact) mass is 374 g/mol. The molecule has 4 heterocycles. The lowest BCUT2D eigenvalue weighted by atomic mass is 9.95. The molecule has 0 aliphatic carbocycles. The molecule has 2 aromatic heterocycles. The summed E-state index contributed by atoms with van der Waals surface area (Å²) in [6, 6.07) is 15.3. The van der Waals surface area contributed by atoms with E-state index in [1.165, 1.54) is 11.1 Å². The van der Waals surface area contributed by atoms with E-state index in [1.807, 2.05) is 39.9 Å². The van der Waals surface area contributed by atoms with Gasteiger partial charge >= 0.3 is 0 Å². The second kappa shape index (κ2) is 7.40. The predicted molar refractivity (Wildman–Crippen MR) is 109 cm³/mol. The molecule has 0 atom stereocenters. The Bertz CT molecular complexity index is 987. The molecule has 5 nitrogen and oxygen atoms in total. The smallest absolute Gasteiger partial charge is 0.228 e. The Morgan fingerprint density at radius 3 is 2.64 bits per heavy atom. The first-order chi connectivity index (χ1) is 13.8. The minimum Gasteiger partial charge on any atom is -0.342 e. The van der Waals surface area contributed by atoms with Gasteiger partial charge in [-0.2, -0.15) is 0 Å². The molecule has 5 rings (SSSR count). The van der Waals surface area contributed by atoms with Gasteiger partial charge in [-0.05, 0) is 42.5 Å². The summed E-state index contributed by atoms with van der Waals surface area (Å²) in [5, 5.41) is 0. The topological polar surface area (TPSA) is 40.9 Å². The van der Waals surface area contributed by atoms with Crippen LogP contribution in [-0.2, 0) is 24.2 Å². The predicted octanol–water partition coefficient (Wildman–Crippen LogP) is 2.93. The number of fused-ring (bicyclic) bond motifs is 2. The highest BCUT2D eigenvalue weighted by molar-refractivity contribution is 5.78. The number of rotatable bonds is 3. The first kappa shape index (κ1) is 17.4. The van der Waals surface area contributed by atoms with Crippen LogP contribution in [0.2, 0.25) is 0 Å². The van der Waals surface area contributed by atoms with E-state index in [9.17, 15) is 4.79 Å². The van der Waals surface area contributed by atoms with E-state index in [4.69, 9.17) is 0 Å². The Morgan fingerprint density at radius 2 is 1.79 bits per heavy atom. The van der Waals surface area contributed by atoms with E-state index in [1.54, 1.807) is 0 Å². The largest absolute Gasteiger partial charge is 0.342 e. The molecule has 2 aliphatic heterocycles. The maximum atomic E-state index is 12.8. The summed E-state index contributed by atoms with van der Waals surface area (Å²) in [4.78, 5) is 21.9. The number of hydrogen-bond donors (Lipinski definition) is 0. The van der Waals surface area contributed by atoms with Crippen molar-refractivity contribution in [2.24, 2.45) is 0 Å². The molecule has 28 heavy (non-hydrogen) atoms. The molecule has 3 aromatic rings. The fourth-order valence-corrected chi connectivity index (χ4v) is 4.69. The van der Waals surface area contributed by atoms with Gasteiger partial charge in [0.05, 0.1) is 12.1 Å². The van der Waals surface area contributed by atoms with Gasteiger partial charge in [-0.3, -0.25) is 9.69 Å². The van der Waals surface area contributed by atoms with Crippen LogP contribution in [0.5, 0.6) is 0 Å². The summed E-state index contributed by atoms with van der Waals surface area (Å²) in [6.07, 6.45) is 7.51. The SMILES string of the molecule is O=C(Cc1cnc2ccccn12)N1CCC(N2CCc3ccccc3C2)CC1. The molecule has 144 valence electrons. The van der Waals surface area contributed by atoms with Gasteiger partial charge in [-0.25, -0.2) is 4.98 Å². The summed E-state index contributed by atoms with van der Waals surface area (Å²) >= 11 is 0. The van der Waals surface area contributed by atoms with Crippen molar-refractivity contribution in [1.29, 1.82) is 0 Å². The van der Waals surface area contributed by atoms with Crippen LogP contribution in [0.15, 0.2) is 54.9 Å². The normalized spacial score (nSPS) is 18.4. The number of nitrogens with zero attached hydrogens (tertiary/aromatic N) is 4. The van der Waals surface area contributed by atoms with Crippen LogP contribution in [0.25, 0.3) is 5.65 Å². The Kier molecular flexibility index (Phi) is 4.61. The summed E-state index contributed by atoms with van der Waals surface area (Å²) < 4.78 is 2.01. The van der Waals surface area contributed by atoms with Crippen molar-refractivity contribution >= 4 is 11.6 Å². The highest BCUT2D eigenvalue weighted by Crippen LogP contribution is 2.25. The lowest BCUT2D eigenvalue weighted by Crippen LogP contribution is -2.48. The van der Waals surface area contributed by atoms with Crippen LogP contribution >= 0.6 is 0 Å². The quantitative estimate of drug-likeness (QED) is 0.708. The Labute approximate surface area is 165 Å². The Balaban J connectivity index is 1.19. The second-order valence-corrected chi connectivity index (χ2v) is 7.96. The van der Waals surface area contributed by atoms with Gasteiger partial charge in [-0.15, -0.1) is 0 Å². The Hall–Kier alpha value is -2.66. The number of carbonyl (C=O) groups is 1. The van der Waals surface area contributed by atoms with Crippen molar-refractivity contribution in [2.75, 3.05) is 19.6 Å². The third-order valence-corrected chi connectivity index (χ3v) is 6.32. The number of aromatic nitrogens is 2. The van der Waals surface area contributed by atoms with E-state index in [0.717, 1.165) is 56.8 Å². The molecule has 5 heteroatoms. The lowest BCUT2D eigenvalue weighted by molar-refractivity contribution is -0.132. The van der Waals surface area contributed by atoms with Gasteiger partial charge < -0.3 is 9.30 Å². The average molecular weight is 374 g/mol. The minimum absolute atomic E-state index is 0.216. The third-order valence-electron chi connectivity index (χ3n) is 6.32. The van der Waals surface area contributed by atoms with Gasteiger partial charge in [0.15, 0.2) is 0 Å². The van der Waals surface area contributed by atoms with Crippen LogP contribution in [0.4, 0.5) is 0 Å². The zero-order chi connectivity index (χ0) is 18.9. The number of hydrogen-bond acceptors (Lipinski definition) is 3. The average Bonchev–Trinajstić information content (AvgIpc) is 3.16. The summed E-state index contributed by atoms with van der Waals surface area (Å²) in [5.74, 6) is 0.216. The van der Waals surface area contributed by atoms with E-state index >= 15 is 0 Å². The summed E-state index contributed by atoms with van der Waals surface area (Å²) in [5.41, 5.74) is 4.84. The number of pyridine rings is 1. The maximum Gasteiger partial charge on any atom is 0.228 e. The van der Waals surface area contributed by atoms with Gasteiger partial charge in [0.25, 0.3) is 0 Å². The van der Waals surface area contributed by atoms with Gasteiger partial charge in [0, 0.05) is 44.6 Å². The molecular weight excluding hydrogens is 348 g/mol. The molecule has 0 N–H and O–H groups in total. The molecule has 0 bridgehead atoms. The highest BCUT2D eigenvalue weighted by atomic mass is 16.2. The van der Waals surface area contributed by atoms with Crippen LogP contribution < -0.4 is 0 Å². The molecule has 1 amide bonds. The van der Waals surface area contributed by atoms with Crippen LogP contribution in [0, 0.1) is 0 Å².